The summed E-state index contributed by atoms with van der Waals surface area (Å²) in [6.45, 7) is 8.04. The van der Waals surface area contributed by atoms with Crippen LogP contribution in [0.15, 0.2) is 29.3 Å². The molecule has 1 aromatic rings. The number of carboxylic acid groups (broad SMARTS) is 1. The molecule has 1 aromatic carbocycles. The smallest absolute Gasteiger partial charge is 0.307 e. The molecule has 4 nitrogen and oxygen atoms in total. The van der Waals surface area contributed by atoms with Crippen LogP contribution >= 0.6 is 0 Å². The molecule has 2 bridgehead atoms. The van der Waals surface area contributed by atoms with E-state index < -0.39 is 17.8 Å². The van der Waals surface area contributed by atoms with Crippen LogP contribution in [0, 0.1) is 37.5 Å². The molecule has 0 heterocycles. The molecule has 4 heteroatoms. The van der Waals surface area contributed by atoms with Crippen molar-refractivity contribution in [3.8, 4) is 0 Å². The second kappa shape index (κ2) is 6.08. The summed E-state index contributed by atoms with van der Waals surface area (Å²) < 4.78 is 0. The van der Waals surface area contributed by atoms with E-state index in [9.17, 15) is 14.7 Å². The first-order chi connectivity index (χ1) is 11.3. The molecule has 128 valence electrons. The number of allylic oxidation sites excluding steroid dienone is 2. The molecule has 0 radical (unpaired) electrons. The fourth-order valence-electron chi connectivity index (χ4n) is 4.88. The summed E-state index contributed by atoms with van der Waals surface area (Å²) >= 11 is 0. The molecule has 2 N–H and O–H groups in total. The van der Waals surface area contributed by atoms with Gasteiger partial charge in [0, 0.05) is 5.69 Å². The van der Waals surface area contributed by atoms with Gasteiger partial charge in [0.2, 0.25) is 5.91 Å². The van der Waals surface area contributed by atoms with Crippen molar-refractivity contribution in [1.29, 1.82) is 0 Å². The Morgan fingerprint density at radius 3 is 2.04 bits per heavy atom. The number of carbonyl (C=O) groups excluding carboxylic acids is 1. The van der Waals surface area contributed by atoms with Gasteiger partial charge in [0.1, 0.15) is 0 Å². The quantitative estimate of drug-likeness (QED) is 0.827. The predicted molar refractivity (Wildman–Crippen MR) is 93.7 cm³/mol. The van der Waals surface area contributed by atoms with Crippen molar-refractivity contribution >= 4 is 17.6 Å². The Kier molecular flexibility index (Phi) is 4.24. The zero-order valence-electron chi connectivity index (χ0n) is 14.7. The number of aliphatic carboxylic acids is 1. The SMILES string of the molecule is CC(C)=C1[C@H]2CC[C@H]1[C@@H](C(=O)Nc1cc(C)cc(C)c1)[C@H]2C(=O)O. The van der Waals surface area contributed by atoms with Crippen molar-refractivity contribution in [2.45, 2.75) is 40.5 Å². The molecule has 4 atom stereocenters. The van der Waals surface area contributed by atoms with Crippen molar-refractivity contribution in [1.82, 2.24) is 0 Å². The summed E-state index contributed by atoms with van der Waals surface area (Å²) in [7, 11) is 0. The summed E-state index contributed by atoms with van der Waals surface area (Å²) in [6.07, 6.45) is 1.80. The van der Waals surface area contributed by atoms with Crippen LogP contribution in [-0.2, 0) is 9.59 Å². The topological polar surface area (TPSA) is 66.4 Å². The number of amides is 1. The molecule has 0 unspecified atom stereocenters. The van der Waals surface area contributed by atoms with Crippen LogP contribution in [0.3, 0.4) is 0 Å². The highest BCUT2D eigenvalue weighted by atomic mass is 16.4. The van der Waals surface area contributed by atoms with Crippen LogP contribution < -0.4 is 5.32 Å². The van der Waals surface area contributed by atoms with Gasteiger partial charge in [-0.05, 0) is 75.6 Å². The van der Waals surface area contributed by atoms with E-state index in [0.29, 0.717) is 0 Å². The third-order valence-electron chi connectivity index (χ3n) is 5.50. The summed E-state index contributed by atoms with van der Waals surface area (Å²) in [5.74, 6) is -1.97. The second-order valence-corrected chi connectivity index (χ2v) is 7.50. The maximum absolute atomic E-state index is 12.9. The first-order valence-electron chi connectivity index (χ1n) is 8.59. The summed E-state index contributed by atoms with van der Waals surface area (Å²) in [6, 6.07) is 5.90. The monoisotopic (exact) mass is 327 g/mol. The lowest BCUT2D eigenvalue weighted by Gasteiger charge is -2.26. The molecule has 2 saturated carbocycles. The number of aryl methyl sites for hydroxylation is 2. The van der Waals surface area contributed by atoms with Crippen molar-refractivity contribution in [3.63, 3.8) is 0 Å². The number of hydrogen-bond acceptors (Lipinski definition) is 2. The Bertz CT molecular complexity index is 710. The zero-order chi connectivity index (χ0) is 17.6. The normalized spacial score (nSPS) is 28.1. The molecule has 0 aromatic heterocycles. The van der Waals surface area contributed by atoms with Gasteiger partial charge in [0.05, 0.1) is 11.8 Å². The molecule has 2 fully saturated rings. The largest absolute Gasteiger partial charge is 0.481 e. The fourth-order valence-corrected chi connectivity index (χ4v) is 4.88. The van der Waals surface area contributed by atoms with Crippen molar-refractivity contribution in [2.75, 3.05) is 5.32 Å². The van der Waals surface area contributed by atoms with Gasteiger partial charge in [0.25, 0.3) is 0 Å². The molecule has 24 heavy (non-hydrogen) atoms. The highest BCUT2D eigenvalue weighted by Crippen LogP contribution is 2.57. The van der Waals surface area contributed by atoms with E-state index in [-0.39, 0.29) is 17.7 Å². The van der Waals surface area contributed by atoms with E-state index >= 15 is 0 Å². The van der Waals surface area contributed by atoms with E-state index in [1.165, 1.54) is 11.1 Å². The standard InChI is InChI=1S/C20H25NO3/c1-10(2)16-14-5-6-15(16)18(20(23)24)17(14)19(22)21-13-8-11(3)7-12(4)9-13/h7-9,14-15,17-18H,5-6H2,1-4H3,(H,21,22)(H,23,24)/t14-,15-,17-,18+/m1/s1. The summed E-state index contributed by atoms with van der Waals surface area (Å²) in [5, 5.41) is 12.7. The lowest BCUT2D eigenvalue weighted by molar-refractivity contribution is -0.148. The average Bonchev–Trinajstić information content (AvgIpc) is 3.01. The van der Waals surface area contributed by atoms with E-state index in [1.54, 1.807) is 0 Å². The molecular weight excluding hydrogens is 302 g/mol. The zero-order valence-corrected chi connectivity index (χ0v) is 14.7. The lowest BCUT2D eigenvalue weighted by Crippen LogP contribution is -2.37. The first-order valence-corrected chi connectivity index (χ1v) is 8.59. The number of fused-ring (bicyclic) bond motifs is 2. The van der Waals surface area contributed by atoms with Gasteiger partial charge in [-0.15, -0.1) is 0 Å². The predicted octanol–water partition coefficient (Wildman–Crippen LogP) is 3.94. The Balaban J connectivity index is 1.91. The number of carboxylic acids is 1. The number of nitrogens with one attached hydrogen (secondary N) is 1. The molecular formula is C20H25NO3. The van der Waals surface area contributed by atoms with Crippen LogP contribution in [0.5, 0.6) is 0 Å². The van der Waals surface area contributed by atoms with E-state index in [2.05, 4.69) is 11.4 Å². The minimum absolute atomic E-state index is 0.0208. The number of hydrogen-bond donors (Lipinski definition) is 2. The molecule has 0 aliphatic heterocycles. The van der Waals surface area contributed by atoms with Gasteiger partial charge in [-0.2, -0.15) is 0 Å². The number of benzene rings is 1. The molecule has 3 rings (SSSR count). The third kappa shape index (κ3) is 2.74. The Morgan fingerprint density at radius 2 is 1.54 bits per heavy atom. The van der Waals surface area contributed by atoms with Gasteiger partial charge in [-0.3, -0.25) is 9.59 Å². The molecule has 2 aliphatic carbocycles. The highest BCUT2D eigenvalue weighted by Gasteiger charge is 2.57. The van der Waals surface area contributed by atoms with Crippen LogP contribution in [0.4, 0.5) is 5.69 Å². The van der Waals surface area contributed by atoms with Gasteiger partial charge >= 0.3 is 5.97 Å². The number of carbonyl (C=O) groups is 2. The Morgan fingerprint density at radius 1 is 1.00 bits per heavy atom. The number of anilines is 1. The van der Waals surface area contributed by atoms with Crippen molar-refractivity contribution < 1.29 is 14.7 Å². The lowest BCUT2D eigenvalue weighted by atomic mass is 9.78. The highest BCUT2D eigenvalue weighted by molar-refractivity contribution is 5.96. The van der Waals surface area contributed by atoms with Gasteiger partial charge in [-0.25, -0.2) is 0 Å². The van der Waals surface area contributed by atoms with E-state index in [1.807, 2.05) is 39.8 Å². The third-order valence-corrected chi connectivity index (χ3v) is 5.50. The Labute approximate surface area is 143 Å². The van der Waals surface area contributed by atoms with Gasteiger partial charge < -0.3 is 10.4 Å². The molecule has 2 aliphatic rings. The van der Waals surface area contributed by atoms with Crippen LogP contribution in [0.25, 0.3) is 0 Å². The van der Waals surface area contributed by atoms with E-state index in [0.717, 1.165) is 29.7 Å². The Hall–Kier alpha value is -2.10. The van der Waals surface area contributed by atoms with Crippen LogP contribution in [0.2, 0.25) is 0 Å². The minimum atomic E-state index is -0.846. The maximum atomic E-state index is 12.9. The van der Waals surface area contributed by atoms with Crippen LogP contribution in [0.1, 0.15) is 37.8 Å². The summed E-state index contributed by atoms with van der Waals surface area (Å²) in [5.41, 5.74) is 5.30. The number of rotatable bonds is 3. The average molecular weight is 327 g/mol. The van der Waals surface area contributed by atoms with Gasteiger partial charge in [0.15, 0.2) is 0 Å². The maximum Gasteiger partial charge on any atom is 0.307 e. The van der Waals surface area contributed by atoms with Crippen molar-refractivity contribution in [3.05, 3.63) is 40.5 Å². The molecule has 0 spiro atoms. The summed E-state index contributed by atoms with van der Waals surface area (Å²) in [4.78, 5) is 24.7. The fraction of sp³-hybridized carbons (Fsp3) is 0.500. The van der Waals surface area contributed by atoms with Crippen molar-refractivity contribution in [2.24, 2.45) is 23.7 Å². The van der Waals surface area contributed by atoms with Crippen LogP contribution in [-0.4, -0.2) is 17.0 Å². The molecule has 0 saturated heterocycles. The molecule has 1 amide bonds. The minimum Gasteiger partial charge on any atom is -0.481 e. The first kappa shape index (κ1) is 16.7. The second-order valence-electron chi connectivity index (χ2n) is 7.50. The van der Waals surface area contributed by atoms with Gasteiger partial charge in [-0.1, -0.05) is 17.2 Å². The van der Waals surface area contributed by atoms with E-state index in [4.69, 9.17) is 0 Å².